The molecule has 6 heteroatoms. The molecule has 0 heterocycles. The summed E-state index contributed by atoms with van der Waals surface area (Å²) in [5.74, 6) is 0. The normalized spacial score (nSPS) is 13.9. The summed E-state index contributed by atoms with van der Waals surface area (Å²) in [6, 6.07) is 0. The van der Waals surface area contributed by atoms with Gasteiger partial charge in [0, 0.05) is 5.25 Å². The first kappa shape index (κ1) is 31.1. The molecule has 0 aliphatic heterocycles. The van der Waals surface area contributed by atoms with E-state index in [1.807, 2.05) is 0 Å². The number of aliphatic hydroxyl groups excluding tert-OH is 1. The average Bonchev–Trinajstić information content (AvgIpc) is 2.61. The minimum atomic E-state index is -4.16. The van der Waals surface area contributed by atoms with Crippen molar-refractivity contribution in [3.05, 3.63) is 0 Å². The summed E-state index contributed by atoms with van der Waals surface area (Å²) in [6.07, 6.45) is 18.1. The fourth-order valence-electron chi connectivity index (χ4n) is 3.64. The Morgan fingerprint density at radius 1 is 0.643 bits per heavy atom. The van der Waals surface area contributed by atoms with Crippen molar-refractivity contribution >= 4 is 10.1 Å². The standard InChI is InChI=1S/C22H46O4S.Na/c1-3-5-7-8-9-10-14-17-21(23)18-15-11-12-16-20-22(27(24,25)26)19-13-6-4-2;/h21-23H,3-20H2,1-2H3,(H,24,25,26);/q;+1/p-1. The molecule has 0 aliphatic rings. The molecule has 0 aromatic carbocycles. The predicted octanol–water partition coefficient (Wildman–Crippen LogP) is 3.33. The minimum absolute atomic E-state index is 0. The van der Waals surface area contributed by atoms with E-state index < -0.39 is 15.4 Å². The van der Waals surface area contributed by atoms with Crippen molar-refractivity contribution in [2.24, 2.45) is 0 Å². The van der Waals surface area contributed by atoms with Gasteiger partial charge in [0.1, 0.15) is 0 Å². The number of hydrogen-bond acceptors (Lipinski definition) is 4. The zero-order chi connectivity index (χ0) is 20.4. The van der Waals surface area contributed by atoms with Gasteiger partial charge in [-0.25, -0.2) is 8.42 Å². The zero-order valence-electron chi connectivity index (χ0n) is 19.0. The Morgan fingerprint density at radius 3 is 1.39 bits per heavy atom. The van der Waals surface area contributed by atoms with Crippen molar-refractivity contribution in [1.82, 2.24) is 0 Å². The molecule has 0 spiro atoms. The maximum absolute atomic E-state index is 11.3. The van der Waals surface area contributed by atoms with E-state index in [1.54, 1.807) is 0 Å². The van der Waals surface area contributed by atoms with Gasteiger partial charge < -0.3 is 9.66 Å². The quantitative estimate of drug-likeness (QED) is 0.183. The number of hydrogen-bond donors (Lipinski definition) is 1. The Hall–Kier alpha value is 0.870. The maximum atomic E-state index is 11.3. The number of unbranched alkanes of at least 4 members (excludes halogenated alkanes) is 11. The van der Waals surface area contributed by atoms with Crippen molar-refractivity contribution in [1.29, 1.82) is 0 Å². The van der Waals surface area contributed by atoms with Crippen LogP contribution in [0.15, 0.2) is 0 Å². The molecule has 2 unspecified atom stereocenters. The van der Waals surface area contributed by atoms with Crippen molar-refractivity contribution in [3.63, 3.8) is 0 Å². The van der Waals surface area contributed by atoms with Crippen LogP contribution in [0.2, 0.25) is 0 Å². The summed E-state index contributed by atoms with van der Waals surface area (Å²) < 4.78 is 34.0. The Bertz CT molecular complexity index is 415. The molecular weight excluding hydrogens is 383 g/mol. The van der Waals surface area contributed by atoms with Crippen LogP contribution in [-0.4, -0.2) is 29.4 Å². The SMILES string of the molecule is CCCCCCCCCC(O)CCCCCCC(CCCCC)S(=O)(=O)[O-].[Na+]. The van der Waals surface area contributed by atoms with Crippen LogP contribution in [0.3, 0.4) is 0 Å². The van der Waals surface area contributed by atoms with Gasteiger partial charge in [-0.05, 0) is 25.7 Å². The Morgan fingerprint density at radius 2 is 0.964 bits per heavy atom. The summed E-state index contributed by atoms with van der Waals surface area (Å²) in [5.41, 5.74) is 0. The summed E-state index contributed by atoms with van der Waals surface area (Å²) in [5, 5.41) is 9.34. The molecule has 0 aromatic heterocycles. The van der Waals surface area contributed by atoms with Crippen molar-refractivity contribution in [3.8, 4) is 0 Å². The predicted molar refractivity (Wildman–Crippen MR) is 114 cm³/mol. The summed E-state index contributed by atoms with van der Waals surface area (Å²) in [6.45, 7) is 4.30. The molecule has 4 nitrogen and oxygen atoms in total. The fraction of sp³-hybridized carbons (Fsp3) is 1.00. The molecule has 0 aromatic rings. The third kappa shape index (κ3) is 20.2. The van der Waals surface area contributed by atoms with Gasteiger partial charge in [0.25, 0.3) is 0 Å². The molecule has 28 heavy (non-hydrogen) atoms. The van der Waals surface area contributed by atoms with E-state index in [0.29, 0.717) is 12.8 Å². The molecule has 0 saturated heterocycles. The van der Waals surface area contributed by atoms with E-state index in [1.165, 1.54) is 38.5 Å². The largest absolute Gasteiger partial charge is 1.00 e. The van der Waals surface area contributed by atoms with Crippen LogP contribution in [0.25, 0.3) is 0 Å². The molecule has 0 aliphatic carbocycles. The van der Waals surface area contributed by atoms with Gasteiger partial charge in [-0.1, -0.05) is 104 Å². The van der Waals surface area contributed by atoms with Crippen molar-refractivity contribution in [2.45, 2.75) is 141 Å². The van der Waals surface area contributed by atoms with Gasteiger partial charge >= 0.3 is 29.6 Å². The first-order valence-corrected chi connectivity index (χ1v) is 13.0. The monoisotopic (exact) mass is 428 g/mol. The molecule has 0 bridgehead atoms. The maximum Gasteiger partial charge on any atom is 1.00 e. The molecule has 0 rings (SSSR count). The summed E-state index contributed by atoms with van der Waals surface area (Å²) >= 11 is 0. The van der Waals surface area contributed by atoms with E-state index in [0.717, 1.165) is 64.2 Å². The molecule has 0 amide bonds. The second-order valence-corrected chi connectivity index (χ2v) is 9.82. The van der Waals surface area contributed by atoms with Crippen LogP contribution < -0.4 is 29.6 Å². The van der Waals surface area contributed by atoms with E-state index in [2.05, 4.69) is 13.8 Å². The topological polar surface area (TPSA) is 77.4 Å². The third-order valence-corrected chi connectivity index (χ3v) is 6.78. The average molecular weight is 429 g/mol. The van der Waals surface area contributed by atoms with E-state index in [9.17, 15) is 18.1 Å². The zero-order valence-corrected chi connectivity index (χ0v) is 21.8. The van der Waals surface area contributed by atoms with Gasteiger partial charge in [-0.15, -0.1) is 0 Å². The molecule has 0 saturated carbocycles. The minimum Gasteiger partial charge on any atom is -0.748 e. The Balaban J connectivity index is 0. The Kier molecular flexibility index (Phi) is 23.4. The first-order chi connectivity index (χ1) is 12.9. The molecular formula is C22H45NaO4S. The fourth-order valence-corrected chi connectivity index (χ4v) is 4.55. The van der Waals surface area contributed by atoms with E-state index in [-0.39, 0.29) is 35.7 Å². The van der Waals surface area contributed by atoms with Gasteiger partial charge in [-0.3, -0.25) is 0 Å². The van der Waals surface area contributed by atoms with Gasteiger partial charge in [-0.2, -0.15) is 0 Å². The molecule has 1 N–H and O–H groups in total. The molecule has 164 valence electrons. The third-order valence-electron chi connectivity index (χ3n) is 5.49. The van der Waals surface area contributed by atoms with Gasteiger partial charge in [0.15, 0.2) is 0 Å². The summed E-state index contributed by atoms with van der Waals surface area (Å²) in [4.78, 5) is 0. The smallest absolute Gasteiger partial charge is 0.748 e. The second-order valence-electron chi connectivity index (χ2n) is 8.17. The number of rotatable bonds is 20. The van der Waals surface area contributed by atoms with Crippen LogP contribution in [0.5, 0.6) is 0 Å². The van der Waals surface area contributed by atoms with E-state index >= 15 is 0 Å². The summed E-state index contributed by atoms with van der Waals surface area (Å²) in [7, 11) is -4.16. The van der Waals surface area contributed by atoms with Crippen molar-refractivity contribution in [2.75, 3.05) is 0 Å². The Labute approximate surface area is 197 Å². The van der Waals surface area contributed by atoms with Gasteiger partial charge in [0.05, 0.1) is 16.2 Å². The van der Waals surface area contributed by atoms with Gasteiger partial charge in [0.2, 0.25) is 0 Å². The first-order valence-electron chi connectivity index (χ1n) is 11.5. The van der Waals surface area contributed by atoms with E-state index in [4.69, 9.17) is 0 Å². The van der Waals surface area contributed by atoms with Crippen LogP contribution in [0.4, 0.5) is 0 Å². The van der Waals surface area contributed by atoms with Crippen LogP contribution in [0.1, 0.15) is 129 Å². The molecule has 2 atom stereocenters. The molecule has 0 fully saturated rings. The number of aliphatic hydroxyl groups is 1. The second kappa shape index (κ2) is 21.1. The molecule has 0 radical (unpaired) electrons. The van der Waals surface area contributed by atoms with Crippen molar-refractivity contribution < 1.29 is 47.6 Å². The van der Waals surface area contributed by atoms with Crippen LogP contribution in [-0.2, 0) is 10.1 Å². The van der Waals surface area contributed by atoms with Crippen LogP contribution >= 0.6 is 0 Å². The van der Waals surface area contributed by atoms with Crippen LogP contribution in [0, 0.1) is 0 Å².